The molecule has 0 spiro atoms. The van der Waals surface area contributed by atoms with Gasteiger partial charge in [0.05, 0.1) is 35.4 Å². The summed E-state index contributed by atoms with van der Waals surface area (Å²) in [5.74, 6) is 6.47. The fourth-order valence-electron chi connectivity index (χ4n) is 5.56. The number of halogens is 3. The summed E-state index contributed by atoms with van der Waals surface area (Å²) in [6, 6.07) is 9.77. The smallest absolute Gasteiger partial charge is 0.446 e. The van der Waals surface area contributed by atoms with Gasteiger partial charge in [-0.05, 0) is 86.0 Å². The molecule has 2 aliphatic rings. The molecule has 256 valence electrons. The van der Waals surface area contributed by atoms with E-state index in [1.807, 2.05) is 6.07 Å². The first kappa shape index (κ1) is 36.2. The Labute approximate surface area is 278 Å². The molecule has 2 aromatic heterocycles. The number of thioether (sulfide) groups is 1. The maximum atomic E-state index is 13.6. The number of nitrogens with one attached hydrogen (secondary N) is 2. The SMILES string of the molecule is CC(C)(C)C.COc1ccc(C(N)=O)cc1NCC#Cc1nn2c(NC34CCN(CC(C)(C)O)CC3C4)cccc2c1SC(F)(F)F. The summed E-state index contributed by atoms with van der Waals surface area (Å²) in [7, 11) is 1.47. The lowest BCUT2D eigenvalue weighted by atomic mass is 10.0. The van der Waals surface area contributed by atoms with Crippen LogP contribution in [-0.4, -0.2) is 75.5 Å². The Morgan fingerprint density at radius 3 is 2.49 bits per heavy atom. The van der Waals surface area contributed by atoms with Gasteiger partial charge in [-0.3, -0.25) is 4.79 Å². The standard InChI is InChI=1S/C29H33F3N6O3S.C5H12/c1-27(2,40)17-37-13-11-28(15-19(28)16-37)35-24-8-4-7-22-25(42-29(30,31)32)20(36-38(22)24)6-5-12-34-21-14-18(26(33)39)9-10-23(21)41-3;1-5(2,3)4/h4,7-10,14,19,34-35,40H,11-13,15-17H2,1-3H3,(H2,33,39);1-4H3. The highest BCUT2D eigenvalue weighted by atomic mass is 32.2. The number of rotatable bonds is 9. The summed E-state index contributed by atoms with van der Waals surface area (Å²) < 4.78 is 47.6. The first-order valence-corrected chi connectivity index (χ1v) is 16.3. The van der Waals surface area contributed by atoms with Crippen LogP contribution < -0.4 is 21.1 Å². The van der Waals surface area contributed by atoms with E-state index in [1.54, 1.807) is 32.0 Å². The number of primary amides is 1. The van der Waals surface area contributed by atoms with E-state index < -0.39 is 17.0 Å². The number of piperidine rings is 1. The molecule has 1 saturated carbocycles. The Kier molecular flexibility index (Phi) is 10.7. The lowest BCUT2D eigenvalue weighted by Gasteiger charge is -2.35. The Balaban J connectivity index is 0.000000930. The third kappa shape index (κ3) is 10.2. The number of pyridine rings is 1. The van der Waals surface area contributed by atoms with Gasteiger partial charge in [-0.1, -0.05) is 39.7 Å². The molecule has 5 rings (SSSR count). The molecule has 13 heteroatoms. The summed E-state index contributed by atoms with van der Waals surface area (Å²) in [6.45, 7) is 14.6. The van der Waals surface area contributed by atoms with E-state index >= 15 is 0 Å². The summed E-state index contributed by atoms with van der Waals surface area (Å²) in [4.78, 5) is 13.7. The molecule has 1 aliphatic carbocycles. The number of benzene rings is 1. The Morgan fingerprint density at radius 2 is 1.89 bits per heavy atom. The average Bonchev–Trinajstić information content (AvgIpc) is 3.53. The number of aliphatic hydroxyl groups is 1. The van der Waals surface area contributed by atoms with Crippen LogP contribution in [0.15, 0.2) is 41.3 Å². The number of β-amino-alcohol motifs (C(OH)–C–C–N with tert-alkyl or cyclic N) is 1. The molecule has 9 nitrogen and oxygen atoms in total. The molecule has 3 aromatic rings. The van der Waals surface area contributed by atoms with E-state index in [0.29, 0.717) is 40.6 Å². The quantitative estimate of drug-likeness (QED) is 0.156. The lowest BCUT2D eigenvalue weighted by Crippen LogP contribution is -2.46. The predicted molar refractivity (Wildman–Crippen MR) is 181 cm³/mol. The molecular formula is C34H45F3N6O3S. The molecule has 47 heavy (non-hydrogen) atoms. The van der Waals surface area contributed by atoms with E-state index in [4.69, 9.17) is 10.5 Å². The van der Waals surface area contributed by atoms with Crippen molar-refractivity contribution in [3.63, 3.8) is 0 Å². The second kappa shape index (κ2) is 13.9. The highest BCUT2D eigenvalue weighted by Gasteiger charge is 2.57. The van der Waals surface area contributed by atoms with Crippen molar-refractivity contribution in [3.8, 4) is 17.6 Å². The van der Waals surface area contributed by atoms with Crippen LogP contribution in [0.2, 0.25) is 0 Å². The number of methoxy groups -OCH3 is 1. The molecule has 0 bridgehead atoms. The van der Waals surface area contributed by atoms with Gasteiger partial charge in [0.1, 0.15) is 17.3 Å². The summed E-state index contributed by atoms with van der Waals surface area (Å²) in [6.07, 6.45) is 1.80. The van der Waals surface area contributed by atoms with Crippen molar-refractivity contribution in [1.29, 1.82) is 0 Å². The molecule has 5 N–H and O–H groups in total. The average molecular weight is 675 g/mol. The normalized spacial score (nSPS) is 19.5. The van der Waals surface area contributed by atoms with Crippen LogP contribution in [0, 0.1) is 23.2 Å². The van der Waals surface area contributed by atoms with E-state index in [9.17, 15) is 23.1 Å². The topological polar surface area (TPSA) is 117 Å². The molecule has 1 saturated heterocycles. The second-order valence-electron chi connectivity index (χ2n) is 14.3. The van der Waals surface area contributed by atoms with Gasteiger partial charge >= 0.3 is 5.51 Å². The summed E-state index contributed by atoms with van der Waals surface area (Å²) in [5, 5.41) is 21.3. The van der Waals surface area contributed by atoms with Crippen LogP contribution in [0.1, 0.15) is 70.4 Å². The van der Waals surface area contributed by atoms with Gasteiger partial charge < -0.3 is 31.1 Å². The molecule has 1 amide bonds. The summed E-state index contributed by atoms with van der Waals surface area (Å²) in [5.41, 5.74) is 1.47. The highest BCUT2D eigenvalue weighted by Crippen LogP contribution is 2.52. The van der Waals surface area contributed by atoms with Crippen molar-refractivity contribution in [3.05, 3.63) is 47.7 Å². The van der Waals surface area contributed by atoms with Crippen LogP contribution in [-0.2, 0) is 0 Å². The van der Waals surface area contributed by atoms with Crippen molar-refractivity contribution in [2.24, 2.45) is 17.1 Å². The molecule has 0 radical (unpaired) electrons. The number of hydrogen-bond donors (Lipinski definition) is 4. The number of nitrogens with zero attached hydrogens (tertiary/aromatic N) is 3. The molecule has 2 fully saturated rings. The van der Waals surface area contributed by atoms with E-state index in [2.05, 4.69) is 60.2 Å². The highest BCUT2D eigenvalue weighted by molar-refractivity contribution is 8.00. The number of carbonyl (C=O) groups excluding carboxylic acids is 1. The molecule has 3 heterocycles. The minimum atomic E-state index is -4.53. The Hall–Kier alpha value is -3.60. The number of anilines is 2. The van der Waals surface area contributed by atoms with Gasteiger partial charge in [0.25, 0.3) is 0 Å². The number of ether oxygens (including phenoxy) is 1. The zero-order valence-electron chi connectivity index (χ0n) is 28.0. The number of fused-ring (bicyclic) bond motifs is 2. The van der Waals surface area contributed by atoms with Crippen LogP contribution in [0.25, 0.3) is 5.52 Å². The van der Waals surface area contributed by atoms with E-state index in [-0.39, 0.29) is 40.0 Å². The monoisotopic (exact) mass is 674 g/mol. The van der Waals surface area contributed by atoms with Gasteiger partial charge in [0, 0.05) is 30.7 Å². The van der Waals surface area contributed by atoms with Crippen molar-refractivity contribution in [2.75, 3.05) is 43.9 Å². The maximum absolute atomic E-state index is 13.6. The van der Waals surface area contributed by atoms with Crippen LogP contribution >= 0.6 is 11.8 Å². The zero-order valence-corrected chi connectivity index (χ0v) is 28.8. The molecule has 1 aromatic carbocycles. The number of amides is 1. The number of hydrogen-bond acceptors (Lipinski definition) is 8. The number of carbonyl (C=O) groups is 1. The minimum absolute atomic E-state index is 0.0103. The molecule has 2 atom stereocenters. The van der Waals surface area contributed by atoms with Crippen molar-refractivity contribution >= 4 is 34.7 Å². The van der Waals surface area contributed by atoms with Gasteiger partial charge in [0.15, 0.2) is 0 Å². The largest absolute Gasteiger partial charge is 0.495 e. The van der Waals surface area contributed by atoms with Crippen molar-refractivity contribution < 1.29 is 27.8 Å². The predicted octanol–water partition coefficient (Wildman–Crippen LogP) is 6.22. The van der Waals surface area contributed by atoms with Crippen LogP contribution in [0.4, 0.5) is 24.7 Å². The number of aromatic nitrogens is 2. The fraction of sp³-hybridized carbons (Fsp3) is 0.529. The Bertz CT molecular complexity index is 1650. The third-order valence-corrected chi connectivity index (χ3v) is 8.30. The second-order valence-corrected chi connectivity index (χ2v) is 15.4. The zero-order chi connectivity index (χ0) is 34.8. The summed E-state index contributed by atoms with van der Waals surface area (Å²) >= 11 is -0.237. The van der Waals surface area contributed by atoms with Crippen LogP contribution in [0.5, 0.6) is 5.75 Å². The Morgan fingerprint density at radius 1 is 1.19 bits per heavy atom. The number of alkyl halides is 3. The van der Waals surface area contributed by atoms with Crippen molar-refractivity contribution in [2.45, 2.75) is 75.9 Å². The third-order valence-electron chi connectivity index (χ3n) is 7.46. The van der Waals surface area contributed by atoms with E-state index in [0.717, 1.165) is 25.9 Å². The number of likely N-dealkylation sites (tertiary alicyclic amines) is 1. The van der Waals surface area contributed by atoms with Gasteiger partial charge in [-0.25, -0.2) is 4.52 Å². The van der Waals surface area contributed by atoms with Gasteiger partial charge in [-0.2, -0.15) is 18.3 Å². The fourth-order valence-corrected chi connectivity index (χ4v) is 6.23. The molecule has 1 aliphatic heterocycles. The lowest BCUT2D eigenvalue weighted by molar-refractivity contribution is -0.0328. The molecule has 2 unspecified atom stereocenters. The van der Waals surface area contributed by atoms with Crippen molar-refractivity contribution in [1.82, 2.24) is 14.5 Å². The van der Waals surface area contributed by atoms with Gasteiger partial charge in [0.2, 0.25) is 5.91 Å². The van der Waals surface area contributed by atoms with E-state index in [1.165, 1.54) is 23.8 Å². The first-order chi connectivity index (χ1) is 21.8. The first-order valence-electron chi connectivity index (χ1n) is 15.5. The minimum Gasteiger partial charge on any atom is -0.495 e. The van der Waals surface area contributed by atoms with Crippen LogP contribution in [0.3, 0.4) is 0 Å². The van der Waals surface area contributed by atoms with Gasteiger partial charge in [-0.15, -0.1) is 0 Å². The maximum Gasteiger partial charge on any atom is 0.446 e. The molecular weight excluding hydrogens is 629 g/mol. The number of nitrogens with two attached hydrogens (primary N) is 1.